The molecule has 2 heterocycles. The van der Waals surface area contributed by atoms with Crippen LogP contribution < -0.4 is 5.32 Å². The van der Waals surface area contributed by atoms with Crippen LogP contribution in [-0.2, 0) is 4.79 Å². The Balaban J connectivity index is 2.14. The van der Waals surface area contributed by atoms with Gasteiger partial charge in [0.05, 0.1) is 5.54 Å². The zero-order valence-corrected chi connectivity index (χ0v) is 8.47. The van der Waals surface area contributed by atoms with E-state index in [0.717, 1.165) is 13.1 Å². The molecule has 74 valence electrons. The molecule has 2 fully saturated rings. The van der Waals surface area contributed by atoms with Crippen molar-refractivity contribution in [3.05, 3.63) is 0 Å². The topological polar surface area (TPSA) is 32.3 Å². The van der Waals surface area contributed by atoms with Crippen molar-refractivity contribution in [1.82, 2.24) is 10.2 Å². The Labute approximate surface area is 79.5 Å². The van der Waals surface area contributed by atoms with Gasteiger partial charge >= 0.3 is 0 Å². The van der Waals surface area contributed by atoms with Crippen molar-refractivity contribution in [2.24, 2.45) is 0 Å². The van der Waals surface area contributed by atoms with Gasteiger partial charge in [0.1, 0.15) is 0 Å². The third-order valence-corrected chi connectivity index (χ3v) is 3.20. The summed E-state index contributed by atoms with van der Waals surface area (Å²) < 4.78 is 0. The molecule has 3 heteroatoms. The second-order valence-electron chi connectivity index (χ2n) is 4.65. The molecule has 0 aromatic rings. The highest BCUT2D eigenvalue weighted by Crippen LogP contribution is 2.24. The fourth-order valence-electron chi connectivity index (χ4n) is 2.29. The van der Waals surface area contributed by atoms with Gasteiger partial charge in [-0.1, -0.05) is 0 Å². The maximum absolute atomic E-state index is 11.9. The Morgan fingerprint density at radius 1 is 1.46 bits per heavy atom. The normalized spacial score (nSPS) is 32.9. The number of nitrogens with one attached hydrogen (secondary N) is 1. The summed E-state index contributed by atoms with van der Waals surface area (Å²) in [4.78, 5) is 14.0. The van der Waals surface area contributed by atoms with E-state index in [2.05, 4.69) is 10.2 Å². The largest absolute Gasteiger partial charge is 0.337 e. The third kappa shape index (κ3) is 1.46. The van der Waals surface area contributed by atoms with E-state index in [4.69, 9.17) is 0 Å². The molecule has 1 unspecified atom stereocenters. The van der Waals surface area contributed by atoms with Crippen LogP contribution in [-0.4, -0.2) is 35.5 Å². The van der Waals surface area contributed by atoms with Gasteiger partial charge in [0, 0.05) is 19.1 Å². The van der Waals surface area contributed by atoms with Gasteiger partial charge in [-0.15, -0.1) is 0 Å². The smallest absolute Gasteiger partial charge is 0.242 e. The minimum Gasteiger partial charge on any atom is -0.337 e. The number of hydrogen-bond acceptors (Lipinski definition) is 2. The van der Waals surface area contributed by atoms with Gasteiger partial charge in [-0.3, -0.25) is 4.79 Å². The van der Waals surface area contributed by atoms with Crippen LogP contribution in [0.2, 0.25) is 0 Å². The van der Waals surface area contributed by atoms with Crippen LogP contribution in [0.5, 0.6) is 0 Å². The summed E-state index contributed by atoms with van der Waals surface area (Å²) in [7, 11) is 0. The summed E-state index contributed by atoms with van der Waals surface area (Å²) in [5.74, 6) is 0.281. The van der Waals surface area contributed by atoms with Gasteiger partial charge in [-0.2, -0.15) is 0 Å². The maximum atomic E-state index is 11.9. The summed E-state index contributed by atoms with van der Waals surface area (Å²) in [6.07, 6.45) is 3.63. The van der Waals surface area contributed by atoms with Crippen molar-refractivity contribution in [2.75, 3.05) is 13.1 Å². The van der Waals surface area contributed by atoms with Crippen LogP contribution in [0.3, 0.4) is 0 Å². The standard InChI is InChI=1S/C10H18N2O/c1-10(2)9(13)12-6-4-3-5-8(12)7-11-10/h8,11H,3-7H2,1-2H3. The van der Waals surface area contributed by atoms with Crippen LogP contribution in [0.15, 0.2) is 0 Å². The Hall–Kier alpha value is -0.570. The monoisotopic (exact) mass is 182 g/mol. The van der Waals surface area contributed by atoms with E-state index in [9.17, 15) is 4.79 Å². The first-order chi connectivity index (χ1) is 6.11. The third-order valence-electron chi connectivity index (χ3n) is 3.20. The van der Waals surface area contributed by atoms with E-state index >= 15 is 0 Å². The number of carbonyl (C=O) groups is 1. The Kier molecular flexibility index (Phi) is 2.06. The van der Waals surface area contributed by atoms with Crippen LogP contribution >= 0.6 is 0 Å². The Morgan fingerprint density at radius 2 is 2.23 bits per heavy atom. The summed E-state index contributed by atoms with van der Waals surface area (Å²) >= 11 is 0. The number of amides is 1. The molecule has 2 saturated heterocycles. The number of nitrogens with zero attached hydrogens (tertiary/aromatic N) is 1. The van der Waals surface area contributed by atoms with Crippen LogP contribution in [0.25, 0.3) is 0 Å². The zero-order chi connectivity index (χ0) is 9.47. The average Bonchev–Trinajstić information content (AvgIpc) is 2.13. The van der Waals surface area contributed by atoms with Crippen molar-refractivity contribution in [2.45, 2.75) is 44.7 Å². The van der Waals surface area contributed by atoms with Crippen molar-refractivity contribution in [3.8, 4) is 0 Å². The lowest BCUT2D eigenvalue weighted by Gasteiger charge is -2.46. The van der Waals surface area contributed by atoms with Crippen LogP contribution in [0.1, 0.15) is 33.1 Å². The van der Waals surface area contributed by atoms with Crippen molar-refractivity contribution in [3.63, 3.8) is 0 Å². The van der Waals surface area contributed by atoms with Crippen molar-refractivity contribution >= 4 is 5.91 Å². The molecule has 1 amide bonds. The molecule has 0 spiro atoms. The number of piperazine rings is 1. The highest BCUT2D eigenvalue weighted by Gasteiger charge is 2.40. The summed E-state index contributed by atoms with van der Waals surface area (Å²) in [6, 6.07) is 0.467. The number of hydrogen-bond donors (Lipinski definition) is 1. The lowest BCUT2D eigenvalue weighted by atomic mass is 9.92. The van der Waals surface area contributed by atoms with Crippen molar-refractivity contribution < 1.29 is 4.79 Å². The minimum absolute atomic E-state index is 0.281. The molecule has 13 heavy (non-hydrogen) atoms. The fraction of sp³-hybridized carbons (Fsp3) is 0.900. The molecule has 1 N–H and O–H groups in total. The molecule has 0 bridgehead atoms. The van der Waals surface area contributed by atoms with Gasteiger partial charge in [0.2, 0.25) is 5.91 Å². The van der Waals surface area contributed by atoms with Gasteiger partial charge < -0.3 is 10.2 Å². The number of carbonyl (C=O) groups excluding carboxylic acids is 1. The van der Waals surface area contributed by atoms with E-state index in [-0.39, 0.29) is 11.4 Å². The lowest BCUT2D eigenvalue weighted by Crippen LogP contribution is -2.66. The van der Waals surface area contributed by atoms with E-state index in [0.29, 0.717) is 6.04 Å². The summed E-state index contributed by atoms with van der Waals surface area (Å²) in [6.45, 7) is 5.88. The number of fused-ring (bicyclic) bond motifs is 1. The van der Waals surface area contributed by atoms with Crippen molar-refractivity contribution in [1.29, 1.82) is 0 Å². The van der Waals surface area contributed by atoms with Gasteiger partial charge in [-0.25, -0.2) is 0 Å². The molecule has 0 aliphatic carbocycles. The lowest BCUT2D eigenvalue weighted by molar-refractivity contribution is -0.144. The van der Waals surface area contributed by atoms with Gasteiger partial charge in [0.15, 0.2) is 0 Å². The molecular formula is C10H18N2O. The highest BCUT2D eigenvalue weighted by molar-refractivity contribution is 5.86. The molecule has 0 aromatic heterocycles. The molecule has 1 atom stereocenters. The first-order valence-corrected chi connectivity index (χ1v) is 5.17. The first kappa shape index (κ1) is 9.00. The fourth-order valence-corrected chi connectivity index (χ4v) is 2.29. The average molecular weight is 182 g/mol. The molecule has 0 radical (unpaired) electrons. The Bertz CT molecular complexity index is 225. The van der Waals surface area contributed by atoms with Gasteiger partial charge in [0.25, 0.3) is 0 Å². The SMILES string of the molecule is CC1(C)NCC2CCCCN2C1=O. The van der Waals surface area contributed by atoms with E-state index in [1.165, 1.54) is 19.3 Å². The molecule has 2 rings (SSSR count). The molecule has 0 saturated carbocycles. The predicted octanol–water partition coefficient (Wildman–Crippen LogP) is 0.749. The molecule has 3 nitrogen and oxygen atoms in total. The highest BCUT2D eigenvalue weighted by atomic mass is 16.2. The predicted molar refractivity (Wildman–Crippen MR) is 51.4 cm³/mol. The quantitative estimate of drug-likeness (QED) is 0.599. The second kappa shape index (κ2) is 2.98. The summed E-state index contributed by atoms with van der Waals surface area (Å²) in [5, 5.41) is 3.32. The summed E-state index contributed by atoms with van der Waals surface area (Å²) in [5.41, 5.74) is -0.339. The minimum atomic E-state index is -0.339. The van der Waals surface area contributed by atoms with Gasteiger partial charge in [-0.05, 0) is 33.1 Å². The van der Waals surface area contributed by atoms with E-state index in [1.54, 1.807) is 0 Å². The van der Waals surface area contributed by atoms with E-state index < -0.39 is 0 Å². The zero-order valence-electron chi connectivity index (χ0n) is 8.47. The molecule has 2 aliphatic heterocycles. The molecular weight excluding hydrogens is 164 g/mol. The number of rotatable bonds is 0. The first-order valence-electron chi connectivity index (χ1n) is 5.17. The van der Waals surface area contributed by atoms with E-state index in [1.807, 2.05) is 13.8 Å². The van der Waals surface area contributed by atoms with Crippen LogP contribution in [0.4, 0.5) is 0 Å². The molecule has 0 aromatic carbocycles. The Morgan fingerprint density at radius 3 is 3.00 bits per heavy atom. The number of piperidine rings is 1. The maximum Gasteiger partial charge on any atom is 0.242 e. The second-order valence-corrected chi connectivity index (χ2v) is 4.65. The van der Waals surface area contributed by atoms with Crippen LogP contribution in [0, 0.1) is 0 Å². The molecule has 2 aliphatic rings.